The average Bonchev–Trinajstić information content (AvgIpc) is 1.66. The first kappa shape index (κ1) is 8.27. The third-order valence-electron chi connectivity index (χ3n) is 0.652. The van der Waals surface area contributed by atoms with Gasteiger partial charge in [-0.3, -0.25) is 0 Å². The molecule has 0 rings (SSSR count). The van der Waals surface area contributed by atoms with Gasteiger partial charge in [0.25, 0.3) is 0 Å². The molecule has 0 radical (unpaired) electrons. The fraction of sp³-hybridized carbons (Fsp3) is 1.00. The van der Waals surface area contributed by atoms with E-state index in [2.05, 4.69) is 18.7 Å². The smallest absolute Gasteiger partial charge is 0.0769 e. The Balaban J connectivity index is 2.72. The van der Waals surface area contributed by atoms with E-state index in [1.807, 2.05) is 11.8 Å². The highest BCUT2D eigenvalue weighted by Crippen LogP contribution is 2.06. The summed E-state index contributed by atoms with van der Waals surface area (Å²) < 4.78 is 0. The standard InChI is InChI=1S/C5H13NOS/c1-5(2)8-4-3-7-6/h5H,3-4,6H2,1-2H3. The first-order valence-electron chi connectivity index (χ1n) is 2.70. The van der Waals surface area contributed by atoms with Gasteiger partial charge in [0.05, 0.1) is 6.61 Å². The number of rotatable bonds is 4. The van der Waals surface area contributed by atoms with E-state index in [1.165, 1.54) is 0 Å². The van der Waals surface area contributed by atoms with Crippen LogP contribution in [0.25, 0.3) is 0 Å². The zero-order valence-electron chi connectivity index (χ0n) is 5.39. The molecule has 0 aliphatic rings. The highest BCUT2D eigenvalue weighted by atomic mass is 32.2. The van der Waals surface area contributed by atoms with Crippen LogP contribution >= 0.6 is 11.8 Å². The summed E-state index contributed by atoms with van der Waals surface area (Å²) in [5.41, 5.74) is 0. The highest BCUT2D eigenvalue weighted by Gasteiger charge is 1.91. The summed E-state index contributed by atoms with van der Waals surface area (Å²) in [5.74, 6) is 5.80. The van der Waals surface area contributed by atoms with Gasteiger partial charge in [-0.25, -0.2) is 5.90 Å². The summed E-state index contributed by atoms with van der Waals surface area (Å²) in [5, 5.41) is 0.685. The van der Waals surface area contributed by atoms with Gasteiger partial charge in [-0.2, -0.15) is 11.8 Å². The molecule has 0 saturated heterocycles. The lowest BCUT2D eigenvalue weighted by molar-refractivity contribution is 0.155. The third kappa shape index (κ3) is 6.27. The average molecular weight is 135 g/mol. The third-order valence-corrected chi connectivity index (χ3v) is 1.72. The van der Waals surface area contributed by atoms with Crippen molar-refractivity contribution in [3.05, 3.63) is 0 Å². The Hall–Kier alpha value is 0.270. The van der Waals surface area contributed by atoms with Gasteiger partial charge < -0.3 is 4.84 Å². The normalized spacial score (nSPS) is 10.5. The molecule has 0 bridgehead atoms. The van der Waals surface area contributed by atoms with Crippen LogP contribution in [0, 0.1) is 0 Å². The summed E-state index contributed by atoms with van der Waals surface area (Å²) in [6.07, 6.45) is 0. The van der Waals surface area contributed by atoms with Crippen LogP contribution < -0.4 is 5.90 Å². The maximum absolute atomic E-state index is 4.80. The SMILES string of the molecule is CC(C)SCCON. The fourth-order valence-electron chi connectivity index (χ4n) is 0.332. The van der Waals surface area contributed by atoms with Crippen LogP contribution in [0.15, 0.2) is 0 Å². The molecule has 0 fully saturated rings. The molecule has 0 spiro atoms. The molecule has 0 heterocycles. The molecular weight excluding hydrogens is 122 g/mol. The van der Waals surface area contributed by atoms with Crippen molar-refractivity contribution >= 4 is 11.8 Å². The van der Waals surface area contributed by atoms with Gasteiger partial charge in [0.2, 0.25) is 0 Å². The second kappa shape index (κ2) is 5.41. The Kier molecular flexibility index (Phi) is 5.59. The Labute approximate surface area is 54.7 Å². The van der Waals surface area contributed by atoms with E-state index in [0.29, 0.717) is 11.9 Å². The molecule has 0 aromatic heterocycles. The van der Waals surface area contributed by atoms with Crippen LogP contribution in [0.2, 0.25) is 0 Å². The van der Waals surface area contributed by atoms with Gasteiger partial charge in [-0.05, 0) is 5.25 Å². The van der Waals surface area contributed by atoms with E-state index in [4.69, 9.17) is 5.90 Å². The van der Waals surface area contributed by atoms with Crippen LogP contribution in [0.4, 0.5) is 0 Å². The largest absolute Gasteiger partial charge is 0.304 e. The molecule has 0 aromatic rings. The van der Waals surface area contributed by atoms with Crippen molar-refractivity contribution in [1.29, 1.82) is 0 Å². The quantitative estimate of drug-likeness (QED) is 0.461. The van der Waals surface area contributed by atoms with Gasteiger partial charge >= 0.3 is 0 Å². The molecule has 0 aliphatic heterocycles. The van der Waals surface area contributed by atoms with Crippen LogP contribution in [0.3, 0.4) is 0 Å². The molecule has 2 nitrogen and oxygen atoms in total. The van der Waals surface area contributed by atoms with Crippen molar-refractivity contribution in [1.82, 2.24) is 0 Å². The summed E-state index contributed by atoms with van der Waals surface area (Å²) in [4.78, 5) is 4.37. The van der Waals surface area contributed by atoms with Crippen LogP contribution in [0.5, 0.6) is 0 Å². The van der Waals surface area contributed by atoms with Gasteiger partial charge in [0.1, 0.15) is 0 Å². The lowest BCUT2D eigenvalue weighted by Crippen LogP contribution is -2.04. The van der Waals surface area contributed by atoms with Crippen LogP contribution in [-0.4, -0.2) is 17.6 Å². The first-order chi connectivity index (χ1) is 3.77. The molecule has 2 N–H and O–H groups in total. The molecular formula is C5H13NOS. The first-order valence-corrected chi connectivity index (χ1v) is 3.75. The van der Waals surface area contributed by atoms with Crippen molar-refractivity contribution in [3.8, 4) is 0 Å². The minimum absolute atomic E-state index is 0.656. The van der Waals surface area contributed by atoms with Crippen LogP contribution in [-0.2, 0) is 4.84 Å². The molecule has 8 heavy (non-hydrogen) atoms. The molecule has 3 heteroatoms. The minimum Gasteiger partial charge on any atom is -0.304 e. The maximum atomic E-state index is 4.80. The van der Waals surface area contributed by atoms with E-state index in [1.54, 1.807) is 0 Å². The van der Waals surface area contributed by atoms with Crippen molar-refractivity contribution in [2.75, 3.05) is 12.4 Å². The van der Waals surface area contributed by atoms with Gasteiger partial charge in [-0.1, -0.05) is 13.8 Å². The zero-order chi connectivity index (χ0) is 6.41. The van der Waals surface area contributed by atoms with Crippen molar-refractivity contribution in [2.45, 2.75) is 19.1 Å². The van der Waals surface area contributed by atoms with Crippen molar-refractivity contribution < 1.29 is 4.84 Å². The molecule has 0 amide bonds. The lowest BCUT2D eigenvalue weighted by Gasteiger charge is -2.01. The molecule has 0 unspecified atom stereocenters. The van der Waals surface area contributed by atoms with E-state index < -0.39 is 0 Å². The summed E-state index contributed by atoms with van der Waals surface area (Å²) >= 11 is 1.85. The molecule has 50 valence electrons. The van der Waals surface area contributed by atoms with E-state index in [0.717, 1.165) is 5.75 Å². The topological polar surface area (TPSA) is 35.2 Å². The van der Waals surface area contributed by atoms with Crippen molar-refractivity contribution in [3.63, 3.8) is 0 Å². The molecule has 0 atom stereocenters. The Morgan fingerprint density at radius 3 is 2.62 bits per heavy atom. The Morgan fingerprint density at radius 2 is 2.25 bits per heavy atom. The summed E-state index contributed by atoms with van der Waals surface area (Å²) in [7, 11) is 0. The fourth-order valence-corrected chi connectivity index (χ4v) is 0.996. The minimum atomic E-state index is 0.656. The number of nitrogens with two attached hydrogens (primary N) is 1. The Morgan fingerprint density at radius 1 is 1.62 bits per heavy atom. The number of hydrogen-bond donors (Lipinski definition) is 1. The van der Waals surface area contributed by atoms with Crippen molar-refractivity contribution in [2.24, 2.45) is 5.90 Å². The second-order valence-corrected chi connectivity index (χ2v) is 3.47. The number of hydrogen-bond acceptors (Lipinski definition) is 3. The number of thioether (sulfide) groups is 1. The molecule has 0 aliphatic carbocycles. The summed E-state index contributed by atoms with van der Waals surface area (Å²) in [6.45, 7) is 4.96. The molecule has 0 saturated carbocycles. The van der Waals surface area contributed by atoms with Gasteiger partial charge in [0, 0.05) is 5.75 Å². The zero-order valence-corrected chi connectivity index (χ0v) is 6.20. The van der Waals surface area contributed by atoms with E-state index in [-0.39, 0.29) is 0 Å². The maximum Gasteiger partial charge on any atom is 0.0769 e. The predicted molar refractivity (Wildman–Crippen MR) is 37.7 cm³/mol. The van der Waals surface area contributed by atoms with Gasteiger partial charge in [0.15, 0.2) is 0 Å². The highest BCUT2D eigenvalue weighted by molar-refractivity contribution is 7.99. The molecule has 0 aromatic carbocycles. The van der Waals surface area contributed by atoms with E-state index >= 15 is 0 Å². The lowest BCUT2D eigenvalue weighted by atomic mass is 10.6. The van der Waals surface area contributed by atoms with Gasteiger partial charge in [-0.15, -0.1) is 0 Å². The monoisotopic (exact) mass is 135 g/mol. The summed E-state index contributed by atoms with van der Waals surface area (Å²) in [6, 6.07) is 0. The second-order valence-electron chi connectivity index (χ2n) is 1.79. The predicted octanol–water partition coefficient (Wildman–Crippen LogP) is 1.02. The Bertz CT molecular complexity index is 49.7. The van der Waals surface area contributed by atoms with E-state index in [9.17, 15) is 0 Å². The van der Waals surface area contributed by atoms with Crippen LogP contribution in [0.1, 0.15) is 13.8 Å².